The molecular weight excluding hydrogens is 357 g/mol. The van der Waals surface area contributed by atoms with E-state index in [-0.39, 0.29) is 28.5 Å². The Morgan fingerprint density at radius 3 is 2.67 bits per heavy atom. The third-order valence-electron chi connectivity index (χ3n) is 4.62. The molecule has 5 nitrogen and oxygen atoms in total. The number of halogens is 3. The number of imidazole rings is 1. The fourth-order valence-electron chi connectivity index (χ4n) is 3.11. The van der Waals surface area contributed by atoms with Gasteiger partial charge in [-0.05, 0) is 56.0 Å². The molecule has 1 aliphatic carbocycles. The average Bonchev–Trinajstić information content (AvgIpc) is 3.35. The van der Waals surface area contributed by atoms with Gasteiger partial charge >= 0.3 is 6.18 Å². The minimum Gasteiger partial charge on any atom is -0.343 e. The van der Waals surface area contributed by atoms with Crippen LogP contribution in [0.15, 0.2) is 36.4 Å². The maximum absolute atomic E-state index is 12.8. The molecule has 1 aromatic carbocycles. The van der Waals surface area contributed by atoms with E-state index in [0.717, 1.165) is 24.2 Å². The van der Waals surface area contributed by atoms with E-state index in [4.69, 9.17) is 0 Å². The number of H-pyrrole nitrogens is 1. The average molecular weight is 374 g/mol. The van der Waals surface area contributed by atoms with Crippen LogP contribution in [-0.2, 0) is 6.18 Å². The first-order valence-electron chi connectivity index (χ1n) is 8.62. The van der Waals surface area contributed by atoms with Crippen molar-refractivity contribution in [2.24, 2.45) is 5.92 Å². The van der Waals surface area contributed by atoms with Crippen LogP contribution in [0.2, 0.25) is 0 Å². The SMILES string of the molecule is Cc1cccc(C(NC(=O)c2ccc3nc(C(F)(F)F)[nH]c3c2)C2CC2)n1. The minimum absolute atomic E-state index is 0.165. The Hall–Kier alpha value is -2.90. The minimum atomic E-state index is -4.56. The molecule has 1 saturated carbocycles. The van der Waals surface area contributed by atoms with Gasteiger partial charge in [-0.25, -0.2) is 4.98 Å². The van der Waals surface area contributed by atoms with E-state index in [1.807, 2.05) is 25.1 Å². The van der Waals surface area contributed by atoms with Crippen LogP contribution >= 0.6 is 0 Å². The predicted molar refractivity (Wildman–Crippen MR) is 93.0 cm³/mol. The molecule has 0 bridgehead atoms. The summed E-state index contributed by atoms with van der Waals surface area (Å²) in [6, 6.07) is 9.73. The molecule has 1 fully saturated rings. The first kappa shape index (κ1) is 17.5. The van der Waals surface area contributed by atoms with Gasteiger partial charge in [-0.15, -0.1) is 0 Å². The quantitative estimate of drug-likeness (QED) is 0.720. The summed E-state index contributed by atoms with van der Waals surface area (Å²) in [5, 5.41) is 2.98. The lowest BCUT2D eigenvalue weighted by atomic mass is 10.1. The van der Waals surface area contributed by atoms with E-state index in [0.29, 0.717) is 5.92 Å². The summed E-state index contributed by atoms with van der Waals surface area (Å²) >= 11 is 0. The number of fused-ring (bicyclic) bond motifs is 1. The van der Waals surface area contributed by atoms with Gasteiger partial charge in [0.15, 0.2) is 0 Å². The van der Waals surface area contributed by atoms with Crippen LogP contribution in [-0.4, -0.2) is 20.9 Å². The zero-order valence-electron chi connectivity index (χ0n) is 14.5. The van der Waals surface area contributed by atoms with Gasteiger partial charge in [0.2, 0.25) is 5.82 Å². The van der Waals surface area contributed by atoms with Gasteiger partial charge in [0, 0.05) is 11.3 Å². The monoisotopic (exact) mass is 374 g/mol. The fourth-order valence-corrected chi connectivity index (χ4v) is 3.11. The highest BCUT2D eigenvalue weighted by Gasteiger charge is 2.36. The van der Waals surface area contributed by atoms with E-state index in [9.17, 15) is 18.0 Å². The van der Waals surface area contributed by atoms with E-state index in [2.05, 4.69) is 20.3 Å². The molecule has 140 valence electrons. The Bertz CT molecular complexity index is 1010. The second kappa shape index (κ2) is 6.37. The lowest BCUT2D eigenvalue weighted by molar-refractivity contribution is -0.144. The third kappa shape index (κ3) is 3.65. The molecular formula is C19H17F3N4O. The molecule has 0 radical (unpaired) electrons. The standard InChI is InChI=1S/C19H17F3N4O/c1-10-3-2-4-14(23-10)16(11-5-6-11)26-17(27)12-7-8-13-15(9-12)25-18(24-13)19(20,21)22/h2-4,7-9,11,16H,5-6H2,1H3,(H,24,25)(H,26,27). The lowest BCUT2D eigenvalue weighted by Crippen LogP contribution is -2.30. The predicted octanol–water partition coefficient (Wildman–Crippen LogP) is 4.17. The molecule has 27 heavy (non-hydrogen) atoms. The topological polar surface area (TPSA) is 70.7 Å². The molecule has 2 N–H and O–H groups in total. The third-order valence-corrected chi connectivity index (χ3v) is 4.62. The first-order valence-corrected chi connectivity index (χ1v) is 8.62. The van der Waals surface area contributed by atoms with Crippen LogP contribution in [0.5, 0.6) is 0 Å². The Balaban J connectivity index is 1.59. The second-order valence-electron chi connectivity index (χ2n) is 6.81. The zero-order valence-corrected chi connectivity index (χ0v) is 14.5. The summed E-state index contributed by atoms with van der Waals surface area (Å²) in [6.45, 7) is 1.89. The van der Waals surface area contributed by atoms with Gasteiger partial charge < -0.3 is 10.3 Å². The van der Waals surface area contributed by atoms with Crippen LogP contribution in [0.3, 0.4) is 0 Å². The van der Waals surface area contributed by atoms with Gasteiger partial charge in [-0.3, -0.25) is 9.78 Å². The van der Waals surface area contributed by atoms with Crippen LogP contribution in [0.25, 0.3) is 11.0 Å². The van der Waals surface area contributed by atoms with Crippen molar-refractivity contribution in [2.45, 2.75) is 32.0 Å². The van der Waals surface area contributed by atoms with E-state index < -0.39 is 12.0 Å². The highest BCUT2D eigenvalue weighted by Crippen LogP contribution is 2.40. The van der Waals surface area contributed by atoms with Crippen LogP contribution in [0, 0.1) is 12.8 Å². The highest BCUT2D eigenvalue weighted by molar-refractivity contribution is 5.97. The van der Waals surface area contributed by atoms with E-state index in [1.165, 1.54) is 18.2 Å². The molecule has 1 amide bonds. The molecule has 0 spiro atoms. The summed E-state index contributed by atoms with van der Waals surface area (Å²) in [4.78, 5) is 23.0. The van der Waals surface area contributed by atoms with Gasteiger partial charge in [0.25, 0.3) is 5.91 Å². The number of carbonyl (C=O) groups is 1. The molecule has 1 atom stereocenters. The molecule has 1 aliphatic rings. The summed E-state index contributed by atoms with van der Waals surface area (Å²) in [5.41, 5.74) is 2.28. The highest BCUT2D eigenvalue weighted by atomic mass is 19.4. The Labute approximate surface area is 153 Å². The van der Waals surface area contributed by atoms with Crippen molar-refractivity contribution in [1.29, 1.82) is 0 Å². The Morgan fingerprint density at radius 1 is 1.22 bits per heavy atom. The number of carbonyl (C=O) groups excluding carboxylic acids is 1. The molecule has 2 aromatic heterocycles. The van der Waals surface area contributed by atoms with Crippen molar-refractivity contribution in [3.8, 4) is 0 Å². The number of nitrogens with zero attached hydrogens (tertiary/aromatic N) is 2. The summed E-state index contributed by atoms with van der Waals surface area (Å²) in [6.07, 6.45) is -2.54. The van der Waals surface area contributed by atoms with Crippen molar-refractivity contribution < 1.29 is 18.0 Å². The number of nitrogens with one attached hydrogen (secondary N) is 2. The number of amides is 1. The van der Waals surface area contributed by atoms with Crippen molar-refractivity contribution >= 4 is 16.9 Å². The number of rotatable bonds is 4. The van der Waals surface area contributed by atoms with Crippen molar-refractivity contribution in [3.05, 3.63) is 59.2 Å². The summed E-state index contributed by atoms with van der Waals surface area (Å²) in [7, 11) is 0. The molecule has 3 aromatic rings. The molecule has 0 aliphatic heterocycles. The number of aryl methyl sites for hydroxylation is 1. The zero-order chi connectivity index (χ0) is 19.2. The summed E-state index contributed by atoms with van der Waals surface area (Å²) in [5.74, 6) is -1.09. The van der Waals surface area contributed by atoms with Gasteiger partial charge in [0.1, 0.15) is 0 Å². The number of aromatic amines is 1. The molecule has 4 rings (SSSR count). The molecule has 2 heterocycles. The van der Waals surface area contributed by atoms with Crippen molar-refractivity contribution in [1.82, 2.24) is 20.3 Å². The smallest absolute Gasteiger partial charge is 0.343 e. The number of aromatic nitrogens is 3. The largest absolute Gasteiger partial charge is 0.449 e. The van der Waals surface area contributed by atoms with Crippen LogP contribution in [0.4, 0.5) is 13.2 Å². The fraction of sp³-hybridized carbons (Fsp3) is 0.316. The Morgan fingerprint density at radius 2 is 2.00 bits per heavy atom. The molecule has 0 saturated heterocycles. The lowest BCUT2D eigenvalue weighted by Gasteiger charge is -2.18. The molecule has 1 unspecified atom stereocenters. The van der Waals surface area contributed by atoms with Gasteiger partial charge in [0.05, 0.1) is 22.8 Å². The number of pyridine rings is 1. The van der Waals surface area contributed by atoms with Crippen molar-refractivity contribution in [2.75, 3.05) is 0 Å². The summed E-state index contributed by atoms with van der Waals surface area (Å²) < 4.78 is 38.4. The number of alkyl halides is 3. The van der Waals surface area contributed by atoms with Crippen LogP contribution in [0.1, 0.15) is 46.5 Å². The molecule has 8 heteroatoms. The maximum Gasteiger partial charge on any atom is 0.449 e. The van der Waals surface area contributed by atoms with Crippen LogP contribution < -0.4 is 5.32 Å². The maximum atomic E-state index is 12.8. The van der Waals surface area contributed by atoms with Gasteiger partial charge in [-0.1, -0.05) is 6.07 Å². The number of hydrogen-bond acceptors (Lipinski definition) is 3. The Kier molecular flexibility index (Phi) is 4.13. The van der Waals surface area contributed by atoms with Gasteiger partial charge in [-0.2, -0.15) is 13.2 Å². The van der Waals surface area contributed by atoms with E-state index in [1.54, 1.807) is 0 Å². The number of hydrogen-bond donors (Lipinski definition) is 2. The van der Waals surface area contributed by atoms with E-state index >= 15 is 0 Å². The van der Waals surface area contributed by atoms with Crippen molar-refractivity contribution in [3.63, 3.8) is 0 Å². The normalized spacial score (nSPS) is 15.7. The second-order valence-corrected chi connectivity index (χ2v) is 6.81. The first-order chi connectivity index (χ1) is 12.8. The number of benzene rings is 1.